The van der Waals surface area contributed by atoms with Crippen molar-refractivity contribution < 1.29 is 17.9 Å². The van der Waals surface area contributed by atoms with Gasteiger partial charge in [0.2, 0.25) is 5.82 Å². The maximum Gasteiger partial charge on any atom is 0.374 e. The van der Waals surface area contributed by atoms with Gasteiger partial charge in [-0.15, -0.1) is 0 Å². The van der Waals surface area contributed by atoms with E-state index in [0.717, 1.165) is 6.26 Å². The topological polar surface area (TPSA) is 78.3 Å². The predicted molar refractivity (Wildman–Crippen MR) is 70.8 cm³/mol. The molecule has 0 saturated heterocycles. The van der Waals surface area contributed by atoms with Crippen molar-refractivity contribution in [1.29, 1.82) is 0 Å². The average Bonchev–Trinajstić information content (AvgIpc) is 2.73. The predicted octanol–water partition coefficient (Wildman–Crippen LogP) is 0.868. The number of fused-ring (bicyclic) bond motifs is 1. The fourth-order valence-electron chi connectivity index (χ4n) is 1.81. The Morgan fingerprint density at radius 3 is 2.68 bits per heavy atom. The molecular weight excluding hydrogens is 268 g/mol. The second-order valence-electron chi connectivity index (χ2n) is 4.20. The van der Waals surface area contributed by atoms with E-state index in [1.807, 2.05) is 6.07 Å². The van der Waals surface area contributed by atoms with Crippen LogP contribution in [-0.2, 0) is 21.1 Å². The highest BCUT2D eigenvalue weighted by Crippen LogP contribution is 2.16. The third kappa shape index (κ3) is 2.93. The molecule has 0 aliphatic heterocycles. The van der Waals surface area contributed by atoms with Crippen LogP contribution in [0, 0.1) is 0 Å². The summed E-state index contributed by atoms with van der Waals surface area (Å²) in [7, 11) is -1.85. The Balaban J connectivity index is 2.51. The summed E-state index contributed by atoms with van der Waals surface area (Å²) in [6.45, 7) is 0.170. The third-order valence-corrected chi connectivity index (χ3v) is 3.63. The summed E-state index contributed by atoms with van der Waals surface area (Å²) >= 11 is 0. The molecule has 0 N–H and O–H groups in total. The van der Waals surface area contributed by atoms with Gasteiger partial charge in [0, 0.05) is 12.8 Å². The largest absolute Gasteiger partial charge is 0.463 e. The lowest BCUT2D eigenvalue weighted by atomic mass is 10.3. The summed E-state index contributed by atoms with van der Waals surface area (Å²) in [5.74, 6) is -0.519. The Kier molecular flexibility index (Phi) is 3.57. The van der Waals surface area contributed by atoms with Gasteiger partial charge in [0.1, 0.15) is 9.84 Å². The summed E-state index contributed by atoms with van der Waals surface area (Å²) in [6.07, 6.45) is 1.16. The maximum atomic E-state index is 11.7. The van der Waals surface area contributed by atoms with E-state index in [9.17, 15) is 13.2 Å². The lowest BCUT2D eigenvalue weighted by molar-refractivity contribution is 0.0582. The first-order valence-electron chi connectivity index (χ1n) is 5.63. The number of hydrogen-bond donors (Lipinski definition) is 0. The molecule has 0 spiro atoms. The quantitative estimate of drug-likeness (QED) is 0.777. The Bertz CT molecular complexity index is 718. The Labute approximate surface area is 110 Å². The molecule has 6 nitrogen and oxygen atoms in total. The normalized spacial score (nSPS) is 11.7. The number of para-hydroxylation sites is 2. The molecule has 0 radical (unpaired) electrons. The first-order valence-corrected chi connectivity index (χ1v) is 7.70. The van der Waals surface area contributed by atoms with E-state index in [4.69, 9.17) is 0 Å². The van der Waals surface area contributed by atoms with Crippen LogP contribution in [0.3, 0.4) is 0 Å². The van der Waals surface area contributed by atoms with Gasteiger partial charge in [-0.1, -0.05) is 12.1 Å². The average molecular weight is 282 g/mol. The van der Waals surface area contributed by atoms with E-state index in [1.54, 1.807) is 22.8 Å². The van der Waals surface area contributed by atoms with Gasteiger partial charge in [-0.25, -0.2) is 18.2 Å². The van der Waals surface area contributed by atoms with Gasteiger partial charge in [-0.3, -0.25) is 0 Å². The number of esters is 1. The van der Waals surface area contributed by atoms with Crippen LogP contribution in [-0.4, -0.2) is 43.1 Å². The molecule has 0 atom stereocenters. The number of methoxy groups -OCH3 is 1. The highest BCUT2D eigenvalue weighted by molar-refractivity contribution is 7.90. The molecule has 0 fully saturated rings. The van der Waals surface area contributed by atoms with Crippen LogP contribution in [0.5, 0.6) is 0 Å². The summed E-state index contributed by atoms with van der Waals surface area (Å²) < 4.78 is 28.8. The van der Waals surface area contributed by atoms with Gasteiger partial charge in [0.15, 0.2) is 0 Å². The van der Waals surface area contributed by atoms with E-state index < -0.39 is 15.8 Å². The zero-order valence-electron chi connectivity index (χ0n) is 10.7. The molecular formula is C12H14N2O4S. The van der Waals surface area contributed by atoms with Gasteiger partial charge in [-0.05, 0) is 12.1 Å². The van der Waals surface area contributed by atoms with Crippen LogP contribution in [0.15, 0.2) is 24.3 Å². The molecule has 0 saturated carbocycles. The van der Waals surface area contributed by atoms with E-state index in [1.165, 1.54) is 7.11 Å². The second kappa shape index (κ2) is 5.00. The molecule has 0 amide bonds. The number of aryl methyl sites for hydroxylation is 1. The smallest absolute Gasteiger partial charge is 0.374 e. The number of aromatic nitrogens is 2. The molecule has 0 aliphatic carbocycles. The number of sulfone groups is 1. The van der Waals surface area contributed by atoms with Gasteiger partial charge in [-0.2, -0.15) is 0 Å². The Morgan fingerprint density at radius 1 is 1.37 bits per heavy atom. The third-order valence-electron chi connectivity index (χ3n) is 2.71. The zero-order valence-corrected chi connectivity index (χ0v) is 11.5. The van der Waals surface area contributed by atoms with Crippen molar-refractivity contribution in [2.75, 3.05) is 19.1 Å². The number of imidazole rings is 1. The molecule has 1 heterocycles. The fourth-order valence-corrected chi connectivity index (χ4v) is 2.32. The van der Waals surface area contributed by atoms with Crippen LogP contribution >= 0.6 is 0 Å². The standard InChI is InChI=1S/C12H14N2O4S/c1-18-12(15)11-13-9-5-3-4-6-10(9)14(11)7-8-19(2,16)17/h3-6H,7-8H2,1-2H3. The van der Waals surface area contributed by atoms with Crippen LogP contribution in [0.4, 0.5) is 0 Å². The lowest BCUT2D eigenvalue weighted by Gasteiger charge is -2.06. The van der Waals surface area contributed by atoms with Crippen molar-refractivity contribution >= 4 is 26.8 Å². The summed E-state index contributed by atoms with van der Waals surface area (Å²) in [6, 6.07) is 7.16. The second-order valence-corrected chi connectivity index (χ2v) is 6.46. The Hall–Kier alpha value is -1.89. The summed E-state index contributed by atoms with van der Waals surface area (Å²) in [5, 5.41) is 0. The van der Waals surface area contributed by atoms with Crippen LogP contribution < -0.4 is 0 Å². The molecule has 1 aromatic carbocycles. The highest BCUT2D eigenvalue weighted by atomic mass is 32.2. The van der Waals surface area contributed by atoms with Crippen LogP contribution in [0.1, 0.15) is 10.6 Å². The number of ether oxygens (including phenoxy) is 1. The molecule has 0 bridgehead atoms. The van der Waals surface area contributed by atoms with Crippen LogP contribution in [0.25, 0.3) is 11.0 Å². The van der Waals surface area contributed by atoms with Crippen molar-refractivity contribution in [1.82, 2.24) is 9.55 Å². The molecule has 0 aliphatic rings. The van der Waals surface area contributed by atoms with Crippen molar-refractivity contribution in [3.05, 3.63) is 30.1 Å². The highest BCUT2D eigenvalue weighted by Gasteiger charge is 2.18. The number of rotatable bonds is 4. The fraction of sp³-hybridized carbons (Fsp3) is 0.333. The van der Waals surface area contributed by atoms with E-state index >= 15 is 0 Å². The molecule has 2 rings (SSSR count). The molecule has 19 heavy (non-hydrogen) atoms. The van der Waals surface area contributed by atoms with Crippen molar-refractivity contribution in [2.45, 2.75) is 6.54 Å². The first kappa shape index (κ1) is 13.5. The first-order chi connectivity index (χ1) is 8.92. The summed E-state index contributed by atoms with van der Waals surface area (Å²) in [5.41, 5.74) is 1.35. The maximum absolute atomic E-state index is 11.7. The molecule has 2 aromatic rings. The molecule has 0 unspecified atom stereocenters. The van der Waals surface area contributed by atoms with Gasteiger partial charge < -0.3 is 9.30 Å². The SMILES string of the molecule is COC(=O)c1nc2ccccc2n1CCS(C)(=O)=O. The monoisotopic (exact) mass is 282 g/mol. The number of carbonyl (C=O) groups is 1. The minimum Gasteiger partial charge on any atom is -0.463 e. The van der Waals surface area contributed by atoms with Gasteiger partial charge >= 0.3 is 5.97 Å². The van der Waals surface area contributed by atoms with Crippen molar-refractivity contribution in [2.24, 2.45) is 0 Å². The minimum atomic E-state index is -3.12. The number of benzene rings is 1. The molecule has 1 aromatic heterocycles. The van der Waals surface area contributed by atoms with Gasteiger partial charge in [0.05, 0.1) is 23.9 Å². The Morgan fingerprint density at radius 2 is 2.05 bits per heavy atom. The van der Waals surface area contributed by atoms with Crippen molar-refractivity contribution in [3.63, 3.8) is 0 Å². The number of nitrogens with zero attached hydrogens (tertiary/aromatic N) is 2. The van der Waals surface area contributed by atoms with Crippen molar-refractivity contribution in [3.8, 4) is 0 Å². The van der Waals surface area contributed by atoms with Crippen LogP contribution in [0.2, 0.25) is 0 Å². The van der Waals surface area contributed by atoms with Gasteiger partial charge in [0.25, 0.3) is 0 Å². The van der Waals surface area contributed by atoms with E-state index in [2.05, 4.69) is 9.72 Å². The minimum absolute atomic E-state index is 0.0582. The lowest BCUT2D eigenvalue weighted by Crippen LogP contribution is -2.17. The number of carbonyl (C=O) groups excluding carboxylic acids is 1. The van der Waals surface area contributed by atoms with E-state index in [0.29, 0.717) is 11.0 Å². The molecule has 102 valence electrons. The number of hydrogen-bond acceptors (Lipinski definition) is 5. The zero-order chi connectivity index (χ0) is 14.0. The van der Waals surface area contributed by atoms with E-state index in [-0.39, 0.29) is 18.1 Å². The molecule has 7 heteroatoms. The summed E-state index contributed by atoms with van der Waals surface area (Å²) in [4.78, 5) is 15.9.